The van der Waals surface area contributed by atoms with Crippen molar-refractivity contribution in [1.82, 2.24) is 5.32 Å². The molecule has 0 aliphatic heterocycles. The van der Waals surface area contributed by atoms with Gasteiger partial charge in [0.05, 0.1) is 12.2 Å². The van der Waals surface area contributed by atoms with Gasteiger partial charge in [0.15, 0.2) is 11.5 Å². The van der Waals surface area contributed by atoms with Crippen LogP contribution in [-0.2, 0) is 6.54 Å². The highest BCUT2D eigenvalue weighted by atomic mass is 16.5. The zero-order valence-electron chi connectivity index (χ0n) is 13.1. The molecule has 0 spiro atoms. The normalized spacial score (nSPS) is 25.8. The molecule has 2 atom stereocenters. The van der Waals surface area contributed by atoms with Gasteiger partial charge in [0, 0.05) is 18.7 Å². The van der Waals surface area contributed by atoms with Gasteiger partial charge in [-0.1, -0.05) is 31.9 Å². The molecule has 21 heavy (non-hydrogen) atoms. The molecule has 1 aliphatic rings. The molecule has 1 aromatic rings. The van der Waals surface area contributed by atoms with Gasteiger partial charge in [-0.15, -0.1) is 0 Å². The number of rotatable bonds is 6. The monoisotopic (exact) mass is 293 g/mol. The zero-order valence-corrected chi connectivity index (χ0v) is 13.1. The van der Waals surface area contributed by atoms with Gasteiger partial charge in [0.1, 0.15) is 0 Å². The molecular weight excluding hydrogens is 266 g/mol. The minimum Gasteiger partial charge on any atom is -0.504 e. The third-order valence-electron chi connectivity index (χ3n) is 4.22. The lowest BCUT2D eigenvalue weighted by Gasteiger charge is -2.35. The molecule has 0 heterocycles. The number of aliphatic hydroxyl groups is 1. The summed E-state index contributed by atoms with van der Waals surface area (Å²) in [5.41, 5.74) is 0.193. The van der Waals surface area contributed by atoms with Gasteiger partial charge in [-0.05, 0) is 31.7 Å². The molecule has 1 saturated carbocycles. The number of phenols is 1. The Kier molecular flexibility index (Phi) is 5.48. The van der Waals surface area contributed by atoms with Crippen LogP contribution in [0.5, 0.6) is 11.5 Å². The fourth-order valence-corrected chi connectivity index (χ4v) is 3.21. The van der Waals surface area contributed by atoms with Crippen molar-refractivity contribution in [2.45, 2.75) is 51.7 Å². The molecule has 0 amide bonds. The van der Waals surface area contributed by atoms with E-state index in [4.69, 9.17) is 4.74 Å². The maximum atomic E-state index is 10.6. The Hall–Kier alpha value is -1.26. The Morgan fingerprint density at radius 2 is 2.24 bits per heavy atom. The van der Waals surface area contributed by atoms with Crippen LogP contribution in [0.15, 0.2) is 18.2 Å². The van der Waals surface area contributed by atoms with E-state index >= 15 is 0 Å². The van der Waals surface area contributed by atoms with Crippen LogP contribution in [-0.4, -0.2) is 29.0 Å². The summed E-state index contributed by atoms with van der Waals surface area (Å²) in [4.78, 5) is 0. The van der Waals surface area contributed by atoms with E-state index in [2.05, 4.69) is 12.2 Å². The lowest BCUT2D eigenvalue weighted by Crippen LogP contribution is -2.43. The Labute approximate surface area is 127 Å². The summed E-state index contributed by atoms with van der Waals surface area (Å²) in [6.45, 7) is 5.72. The van der Waals surface area contributed by atoms with Gasteiger partial charge in [-0.2, -0.15) is 0 Å². The van der Waals surface area contributed by atoms with E-state index in [0.29, 0.717) is 31.4 Å². The number of hydrogen-bond acceptors (Lipinski definition) is 4. The second-order valence-corrected chi connectivity index (χ2v) is 6.23. The highest BCUT2D eigenvalue weighted by Crippen LogP contribution is 2.32. The SMILES string of the molecule is CCOc1cccc(CNCC2(O)CCCC(C)C2)c1O. The number of benzene rings is 1. The van der Waals surface area contributed by atoms with Crippen LogP contribution in [0.3, 0.4) is 0 Å². The van der Waals surface area contributed by atoms with Gasteiger partial charge in [-0.3, -0.25) is 0 Å². The first-order valence-electron chi connectivity index (χ1n) is 7.91. The van der Waals surface area contributed by atoms with Gasteiger partial charge in [0.2, 0.25) is 0 Å². The first-order valence-corrected chi connectivity index (χ1v) is 7.91. The number of aromatic hydroxyl groups is 1. The molecule has 1 fully saturated rings. The molecule has 4 nitrogen and oxygen atoms in total. The second kappa shape index (κ2) is 7.14. The number of hydrogen-bond donors (Lipinski definition) is 3. The maximum Gasteiger partial charge on any atom is 0.162 e. The maximum absolute atomic E-state index is 10.6. The van der Waals surface area contributed by atoms with E-state index in [9.17, 15) is 10.2 Å². The van der Waals surface area contributed by atoms with E-state index in [1.807, 2.05) is 19.1 Å². The van der Waals surface area contributed by atoms with Crippen LogP contribution >= 0.6 is 0 Å². The minimum atomic E-state index is -0.606. The van der Waals surface area contributed by atoms with Crippen molar-refractivity contribution in [3.8, 4) is 11.5 Å². The largest absolute Gasteiger partial charge is 0.504 e. The summed E-state index contributed by atoms with van der Waals surface area (Å²) in [6, 6.07) is 5.51. The summed E-state index contributed by atoms with van der Waals surface area (Å²) < 4.78 is 5.38. The van der Waals surface area contributed by atoms with Crippen molar-refractivity contribution in [3.05, 3.63) is 23.8 Å². The number of ether oxygens (including phenoxy) is 1. The fraction of sp³-hybridized carbons (Fsp3) is 0.647. The number of nitrogens with one attached hydrogen (secondary N) is 1. The summed E-state index contributed by atoms with van der Waals surface area (Å²) >= 11 is 0. The molecule has 0 radical (unpaired) electrons. The van der Waals surface area contributed by atoms with Crippen molar-refractivity contribution in [1.29, 1.82) is 0 Å². The zero-order chi connectivity index (χ0) is 15.3. The standard InChI is InChI=1S/C17H27NO3/c1-3-21-15-8-4-7-14(16(15)19)11-18-12-17(20)9-5-6-13(2)10-17/h4,7-8,13,18-20H,3,5-6,9-12H2,1-2H3. The smallest absolute Gasteiger partial charge is 0.162 e. The molecule has 3 N–H and O–H groups in total. The lowest BCUT2D eigenvalue weighted by molar-refractivity contribution is -0.0119. The predicted octanol–water partition coefficient (Wildman–Crippen LogP) is 2.82. The third-order valence-corrected chi connectivity index (χ3v) is 4.22. The molecule has 118 valence electrons. The van der Waals surface area contributed by atoms with E-state index in [1.165, 1.54) is 6.42 Å². The van der Waals surface area contributed by atoms with Crippen LogP contribution in [0.25, 0.3) is 0 Å². The van der Waals surface area contributed by atoms with Crippen molar-refractivity contribution >= 4 is 0 Å². The van der Waals surface area contributed by atoms with E-state index in [-0.39, 0.29) is 5.75 Å². The third kappa shape index (κ3) is 4.35. The Balaban J connectivity index is 1.90. The predicted molar refractivity (Wildman–Crippen MR) is 83.6 cm³/mol. The number of phenolic OH excluding ortho intramolecular Hbond substituents is 1. The first kappa shape index (κ1) is 16.1. The molecular formula is C17H27NO3. The Bertz CT molecular complexity index is 463. The van der Waals surface area contributed by atoms with Gasteiger partial charge < -0.3 is 20.3 Å². The Morgan fingerprint density at radius 1 is 1.43 bits per heavy atom. The highest BCUT2D eigenvalue weighted by molar-refractivity contribution is 5.45. The highest BCUT2D eigenvalue weighted by Gasteiger charge is 2.32. The van der Waals surface area contributed by atoms with Crippen LogP contribution in [0.2, 0.25) is 0 Å². The van der Waals surface area contributed by atoms with E-state index in [0.717, 1.165) is 24.8 Å². The molecule has 0 bridgehead atoms. The molecule has 1 aromatic carbocycles. The van der Waals surface area contributed by atoms with E-state index < -0.39 is 5.60 Å². The average molecular weight is 293 g/mol. The number of para-hydroxylation sites is 1. The van der Waals surface area contributed by atoms with Gasteiger partial charge in [-0.25, -0.2) is 0 Å². The average Bonchev–Trinajstić information content (AvgIpc) is 2.42. The Morgan fingerprint density at radius 3 is 2.95 bits per heavy atom. The van der Waals surface area contributed by atoms with Crippen LogP contribution in [0.4, 0.5) is 0 Å². The van der Waals surface area contributed by atoms with E-state index in [1.54, 1.807) is 6.07 Å². The fourth-order valence-electron chi connectivity index (χ4n) is 3.21. The van der Waals surface area contributed by atoms with Crippen molar-refractivity contribution < 1.29 is 14.9 Å². The van der Waals surface area contributed by atoms with Crippen molar-refractivity contribution in [3.63, 3.8) is 0 Å². The molecule has 2 unspecified atom stereocenters. The van der Waals surface area contributed by atoms with Gasteiger partial charge in [0.25, 0.3) is 0 Å². The van der Waals surface area contributed by atoms with Crippen LogP contribution in [0, 0.1) is 5.92 Å². The van der Waals surface area contributed by atoms with Crippen molar-refractivity contribution in [2.24, 2.45) is 5.92 Å². The lowest BCUT2D eigenvalue weighted by atomic mass is 9.79. The molecule has 0 aromatic heterocycles. The van der Waals surface area contributed by atoms with Crippen molar-refractivity contribution in [2.75, 3.05) is 13.2 Å². The van der Waals surface area contributed by atoms with Gasteiger partial charge >= 0.3 is 0 Å². The second-order valence-electron chi connectivity index (χ2n) is 6.23. The summed E-state index contributed by atoms with van der Waals surface area (Å²) in [7, 11) is 0. The summed E-state index contributed by atoms with van der Waals surface area (Å²) in [6.07, 6.45) is 4.00. The molecule has 4 heteroatoms. The first-order chi connectivity index (χ1) is 10.0. The van der Waals surface area contributed by atoms with Crippen LogP contribution < -0.4 is 10.1 Å². The topological polar surface area (TPSA) is 61.7 Å². The molecule has 1 aliphatic carbocycles. The van der Waals surface area contributed by atoms with Crippen LogP contribution in [0.1, 0.15) is 45.1 Å². The quantitative estimate of drug-likeness (QED) is 0.755. The summed E-state index contributed by atoms with van der Waals surface area (Å²) in [5, 5.41) is 24.0. The molecule has 2 rings (SSSR count). The molecule has 0 saturated heterocycles. The minimum absolute atomic E-state index is 0.191. The summed E-state index contributed by atoms with van der Waals surface area (Å²) in [5.74, 6) is 1.29.